The van der Waals surface area contributed by atoms with Crippen molar-refractivity contribution in [3.8, 4) is 22.9 Å². The molecule has 4 aromatic rings. The first-order valence-corrected chi connectivity index (χ1v) is 11.3. The van der Waals surface area contributed by atoms with Gasteiger partial charge in [0.15, 0.2) is 5.65 Å². The van der Waals surface area contributed by atoms with E-state index in [-0.39, 0.29) is 25.2 Å². The maximum absolute atomic E-state index is 12.0. The molecule has 9 heteroatoms. The minimum Gasteiger partial charge on any atom is -0.489 e. The molecular formula is C26H28N4O5. The first-order valence-electron chi connectivity index (χ1n) is 11.3. The second-order valence-corrected chi connectivity index (χ2v) is 8.00. The van der Waals surface area contributed by atoms with Crippen molar-refractivity contribution in [2.24, 2.45) is 0 Å². The summed E-state index contributed by atoms with van der Waals surface area (Å²) in [6.45, 7) is 2.80. The lowest BCUT2D eigenvalue weighted by Gasteiger charge is -2.16. The Morgan fingerprint density at radius 3 is 2.69 bits per heavy atom. The predicted octanol–water partition coefficient (Wildman–Crippen LogP) is 3.34. The number of aromatic amines is 1. The number of pyridine rings is 1. The molecule has 0 aliphatic heterocycles. The van der Waals surface area contributed by atoms with E-state index in [0.717, 1.165) is 16.6 Å². The first kappa shape index (κ1) is 24.2. The number of hydrogen-bond donors (Lipinski definition) is 3. The Balaban J connectivity index is 1.54. The zero-order valence-corrected chi connectivity index (χ0v) is 19.7. The second-order valence-electron chi connectivity index (χ2n) is 8.00. The van der Waals surface area contributed by atoms with Crippen molar-refractivity contribution in [3.05, 3.63) is 71.9 Å². The Bertz CT molecular complexity index is 1240. The summed E-state index contributed by atoms with van der Waals surface area (Å²) in [7, 11) is 1.63. The van der Waals surface area contributed by atoms with Gasteiger partial charge in [-0.15, -0.1) is 0 Å². The van der Waals surface area contributed by atoms with Crippen LogP contribution in [0.3, 0.4) is 0 Å². The summed E-state index contributed by atoms with van der Waals surface area (Å²) in [6, 6.07) is 16.5. The number of nitrogens with one attached hydrogen (secondary N) is 2. The molecule has 9 nitrogen and oxygen atoms in total. The van der Waals surface area contributed by atoms with E-state index in [9.17, 15) is 4.79 Å². The number of aromatic nitrogens is 3. The second kappa shape index (κ2) is 11.5. The van der Waals surface area contributed by atoms with E-state index in [1.54, 1.807) is 25.4 Å². The number of rotatable bonds is 11. The molecular weight excluding hydrogens is 448 g/mol. The number of benzene rings is 2. The Kier molecular flexibility index (Phi) is 7.92. The number of hydrogen-bond acceptors (Lipinski definition) is 7. The fourth-order valence-electron chi connectivity index (χ4n) is 3.53. The molecule has 2 heterocycles. The standard InChI is InChI=1S/C26H28N4O5/c1-17(15-33-2)35-22-13-20(24-29-23-4-3-9-27-25(23)30-24)12-21(14-22)34-16-18-5-7-19(8-6-18)26(32)28-10-11-31/h3-9,12-14,17,31H,10-11,15-16H2,1-2H3,(H,28,32)(H,27,29,30)/t17-/m0/s1. The SMILES string of the molecule is COC[C@H](C)Oc1cc(OCc2ccc(C(=O)NCCO)cc2)cc(-c2nc3ncccc3[nH]2)c1. The third kappa shape index (κ3) is 6.34. The van der Waals surface area contributed by atoms with Crippen molar-refractivity contribution >= 4 is 17.1 Å². The lowest BCUT2D eigenvalue weighted by atomic mass is 10.1. The van der Waals surface area contributed by atoms with Crippen LogP contribution in [0.25, 0.3) is 22.6 Å². The molecule has 0 spiro atoms. The van der Waals surface area contributed by atoms with Gasteiger partial charge in [-0.3, -0.25) is 4.79 Å². The molecule has 0 aliphatic rings. The van der Waals surface area contributed by atoms with Crippen LogP contribution in [-0.2, 0) is 11.3 Å². The van der Waals surface area contributed by atoms with Crippen LogP contribution in [0, 0.1) is 0 Å². The maximum Gasteiger partial charge on any atom is 0.251 e. The largest absolute Gasteiger partial charge is 0.489 e. The molecule has 0 saturated heterocycles. The summed E-state index contributed by atoms with van der Waals surface area (Å²) in [5.41, 5.74) is 3.69. The van der Waals surface area contributed by atoms with Crippen molar-refractivity contribution in [1.82, 2.24) is 20.3 Å². The number of H-pyrrole nitrogens is 1. The van der Waals surface area contributed by atoms with E-state index in [1.165, 1.54) is 0 Å². The zero-order valence-electron chi connectivity index (χ0n) is 19.7. The fourth-order valence-corrected chi connectivity index (χ4v) is 3.53. The number of aliphatic hydroxyl groups is 1. The van der Waals surface area contributed by atoms with Crippen LogP contribution >= 0.6 is 0 Å². The van der Waals surface area contributed by atoms with E-state index >= 15 is 0 Å². The highest BCUT2D eigenvalue weighted by Crippen LogP contribution is 2.30. The smallest absolute Gasteiger partial charge is 0.251 e. The third-order valence-electron chi connectivity index (χ3n) is 5.17. The molecule has 182 valence electrons. The summed E-state index contributed by atoms with van der Waals surface area (Å²) >= 11 is 0. The molecule has 3 N–H and O–H groups in total. The molecule has 35 heavy (non-hydrogen) atoms. The average molecular weight is 477 g/mol. The molecule has 0 saturated carbocycles. The van der Waals surface area contributed by atoms with Crippen LogP contribution in [0.5, 0.6) is 11.5 Å². The average Bonchev–Trinajstić information content (AvgIpc) is 3.31. The number of carbonyl (C=O) groups excluding carboxylic acids is 1. The van der Waals surface area contributed by atoms with Crippen LogP contribution in [0.1, 0.15) is 22.8 Å². The molecule has 4 rings (SSSR count). The van der Waals surface area contributed by atoms with Gasteiger partial charge in [0.25, 0.3) is 5.91 Å². The number of amides is 1. The number of fused-ring (bicyclic) bond motifs is 1. The van der Waals surface area contributed by atoms with Gasteiger partial charge in [-0.1, -0.05) is 12.1 Å². The Morgan fingerprint density at radius 1 is 1.14 bits per heavy atom. The number of aliphatic hydroxyl groups excluding tert-OH is 1. The van der Waals surface area contributed by atoms with E-state index in [0.29, 0.717) is 41.7 Å². The van der Waals surface area contributed by atoms with E-state index in [1.807, 2.05) is 49.4 Å². The number of imidazole rings is 1. The van der Waals surface area contributed by atoms with Crippen molar-refractivity contribution in [2.45, 2.75) is 19.6 Å². The van der Waals surface area contributed by atoms with Gasteiger partial charge in [0.2, 0.25) is 0 Å². The van der Waals surface area contributed by atoms with Gasteiger partial charge >= 0.3 is 0 Å². The maximum atomic E-state index is 12.0. The Hall–Kier alpha value is -3.95. The van der Waals surface area contributed by atoms with E-state index < -0.39 is 0 Å². The van der Waals surface area contributed by atoms with Gasteiger partial charge in [-0.25, -0.2) is 9.97 Å². The third-order valence-corrected chi connectivity index (χ3v) is 5.17. The fraction of sp³-hybridized carbons (Fsp3) is 0.269. The van der Waals surface area contributed by atoms with Crippen molar-refractivity contribution in [1.29, 1.82) is 0 Å². The molecule has 0 fully saturated rings. The van der Waals surface area contributed by atoms with Gasteiger partial charge in [0.1, 0.15) is 30.0 Å². The van der Waals surface area contributed by atoms with Crippen LogP contribution in [-0.4, -0.2) is 58.9 Å². The summed E-state index contributed by atoms with van der Waals surface area (Å²) in [6.07, 6.45) is 1.56. The lowest BCUT2D eigenvalue weighted by Crippen LogP contribution is -2.26. The number of methoxy groups -OCH3 is 1. The van der Waals surface area contributed by atoms with Crippen LogP contribution in [0.2, 0.25) is 0 Å². The van der Waals surface area contributed by atoms with Crippen LogP contribution in [0.4, 0.5) is 0 Å². The van der Waals surface area contributed by atoms with E-state index in [4.69, 9.17) is 19.3 Å². The first-order chi connectivity index (χ1) is 17.1. The van der Waals surface area contributed by atoms with Gasteiger partial charge in [-0.2, -0.15) is 0 Å². The minimum absolute atomic E-state index is 0.1000. The predicted molar refractivity (Wildman–Crippen MR) is 131 cm³/mol. The van der Waals surface area contributed by atoms with Gasteiger partial charge in [-0.05, 0) is 48.9 Å². The highest BCUT2D eigenvalue weighted by molar-refractivity contribution is 5.94. The molecule has 0 bridgehead atoms. The highest BCUT2D eigenvalue weighted by atomic mass is 16.5. The molecule has 0 aliphatic carbocycles. The zero-order chi connectivity index (χ0) is 24.6. The Morgan fingerprint density at radius 2 is 1.94 bits per heavy atom. The van der Waals surface area contributed by atoms with Crippen LogP contribution < -0.4 is 14.8 Å². The minimum atomic E-state index is -0.230. The van der Waals surface area contributed by atoms with Gasteiger partial charge in [0.05, 0.1) is 18.7 Å². The molecule has 0 radical (unpaired) electrons. The van der Waals surface area contributed by atoms with Crippen molar-refractivity contribution in [2.75, 3.05) is 26.9 Å². The summed E-state index contributed by atoms with van der Waals surface area (Å²) in [5, 5.41) is 11.5. The molecule has 2 aromatic carbocycles. The molecule has 1 atom stereocenters. The number of carbonyl (C=O) groups is 1. The molecule has 1 amide bonds. The van der Waals surface area contributed by atoms with Crippen molar-refractivity contribution in [3.63, 3.8) is 0 Å². The topological polar surface area (TPSA) is 119 Å². The Labute approximate surface area is 203 Å². The van der Waals surface area contributed by atoms with Gasteiger partial charge < -0.3 is 29.6 Å². The molecule has 2 aromatic heterocycles. The quantitative estimate of drug-likeness (QED) is 0.304. The number of ether oxygens (including phenoxy) is 3. The van der Waals surface area contributed by atoms with Crippen LogP contribution in [0.15, 0.2) is 60.8 Å². The monoisotopic (exact) mass is 476 g/mol. The van der Waals surface area contributed by atoms with E-state index in [2.05, 4.69) is 20.3 Å². The normalized spacial score (nSPS) is 11.9. The highest BCUT2D eigenvalue weighted by Gasteiger charge is 2.13. The van der Waals surface area contributed by atoms with Gasteiger partial charge in [0, 0.05) is 37.0 Å². The summed E-state index contributed by atoms with van der Waals surface area (Å²) in [4.78, 5) is 24.2. The van der Waals surface area contributed by atoms with Crippen molar-refractivity contribution < 1.29 is 24.1 Å². The lowest BCUT2D eigenvalue weighted by molar-refractivity contribution is 0.0918. The summed E-state index contributed by atoms with van der Waals surface area (Å²) in [5.74, 6) is 1.67. The molecule has 0 unspecified atom stereocenters. The summed E-state index contributed by atoms with van der Waals surface area (Å²) < 4.78 is 17.3. The number of nitrogens with zero attached hydrogens (tertiary/aromatic N) is 2.